The van der Waals surface area contributed by atoms with Crippen LogP contribution in [-0.4, -0.2) is 10.8 Å². The van der Waals surface area contributed by atoms with Crippen LogP contribution in [0.2, 0.25) is 0 Å². The van der Waals surface area contributed by atoms with Gasteiger partial charge in [0.15, 0.2) is 0 Å². The zero-order valence-corrected chi connectivity index (χ0v) is 11.6. The summed E-state index contributed by atoms with van der Waals surface area (Å²) in [4.78, 5) is 22.0. The number of benzene rings is 2. The summed E-state index contributed by atoms with van der Waals surface area (Å²) in [6.45, 7) is 0. The van der Waals surface area contributed by atoms with Gasteiger partial charge in [-0.1, -0.05) is 12.1 Å². The van der Waals surface area contributed by atoms with Crippen molar-refractivity contribution >= 4 is 17.3 Å². The third kappa shape index (κ3) is 3.86. The second-order valence-corrected chi connectivity index (χ2v) is 4.66. The van der Waals surface area contributed by atoms with Crippen molar-refractivity contribution in [2.24, 2.45) is 5.84 Å². The van der Waals surface area contributed by atoms with E-state index in [0.29, 0.717) is 12.1 Å². The van der Waals surface area contributed by atoms with E-state index in [9.17, 15) is 19.3 Å². The minimum Gasteiger partial charge on any atom is -0.273 e. The molecule has 0 heterocycles. The molecule has 2 aromatic carbocycles. The SMILES string of the molecule is NN(C(=O)CCc1ccc(F)cc1)c1ccc([N+](=O)[O-])cc1. The molecule has 6 nitrogen and oxygen atoms in total. The molecule has 22 heavy (non-hydrogen) atoms. The molecule has 0 unspecified atom stereocenters. The van der Waals surface area contributed by atoms with Crippen molar-refractivity contribution in [1.29, 1.82) is 0 Å². The van der Waals surface area contributed by atoms with E-state index >= 15 is 0 Å². The van der Waals surface area contributed by atoms with Crippen LogP contribution in [0.15, 0.2) is 48.5 Å². The number of hydrazine groups is 1. The van der Waals surface area contributed by atoms with Crippen molar-refractivity contribution in [2.45, 2.75) is 12.8 Å². The molecule has 1 amide bonds. The Labute approximate surface area is 126 Å². The normalized spacial score (nSPS) is 10.3. The fourth-order valence-electron chi connectivity index (χ4n) is 1.90. The predicted octanol–water partition coefficient (Wildman–Crippen LogP) is 2.57. The van der Waals surface area contributed by atoms with Crippen LogP contribution in [0.4, 0.5) is 15.8 Å². The Kier molecular flexibility index (Phi) is 4.80. The van der Waals surface area contributed by atoms with Crippen LogP contribution in [0.25, 0.3) is 0 Å². The summed E-state index contributed by atoms with van der Waals surface area (Å²) in [5.41, 5.74) is 1.12. The smallest absolute Gasteiger partial charge is 0.269 e. The molecule has 114 valence electrons. The maximum atomic E-state index is 12.8. The van der Waals surface area contributed by atoms with E-state index in [1.54, 1.807) is 12.1 Å². The first kappa shape index (κ1) is 15.6. The van der Waals surface area contributed by atoms with Gasteiger partial charge < -0.3 is 0 Å². The average molecular weight is 303 g/mol. The van der Waals surface area contributed by atoms with Gasteiger partial charge in [0, 0.05) is 18.6 Å². The number of carbonyl (C=O) groups is 1. The molecule has 0 atom stereocenters. The summed E-state index contributed by atoms with van der Waals surface area (Å²) < 4.78 is 12.8. The number of amides is 1. The molecule has 0 aromatic heterocycles. The van der Waals surface area contributed by atoms with Gasteiger partial charge in [-0.2, -0.15) is 0 Å². The van der Waals surface area contributed by atoms with Gasteiger partial charge in [0.1, 0.15) is 5.82 Å². The molecule has 0 bridgehead atoms. The average Bonchev–Trinajstić information content (AvgIpc) is 2.53. The van der Waals surface area contributed by atoms with Crippen molar-refractivity contribution < 1.29 is 14.1 Å². The fraction of sp³-hybridized carbons (Fsp3) is 0.133. The molecule has 0 aliphatic rings. The van der Waals surface area contributed by atoms with Gasteiger partial charge in [0.25, 0.3) is 5.69 Å². The maximum Gasteiger partial charge on any atom is 0.269 e. The largest absolute Gasteiger partial charge is 0.273 e. The van der Waals surface area contributed by atoms with Crippen molar-refractivity contribution in [1.82, 2.24) is 0 Å². The van der Waals surface area contributed by atoms with Crippen molar-refractivity contribution in [2.75, 3.05) is 5.01 Å². The molecular weight excluding hydrogens is 289 g/mol. The maximum absolute atomic E-state index is 12.8. The number of nitrogens with two attached hydrogens (primary N) is 1. The highest BCUT2D eigenvalue weighted by molar-refractivity contribution is 5.92. The van der Waals surface area contributed by atoms with E-state index in [1.807, 2.05) is 0 Å². The fourth-order valence-corrected chi connectivity index (χ4v) is 1.90. The molecule has 0 aliphatic carbocycles. The van der Waals surface area contributed by atoms with Crippen LogP contribution in [-0.2, 0) is 11.2 Å². The van der Waals surface area contributed by atoms with Crippen molar-refractivity contribution in [3.05, 3.63) is 70.0 Å². The molecule has 0 saturated carbocycles. The number of hydrogen-bond acceptors (Lipinski definition) is 4. The molecule has 0 radical (unpaired) electrons. The molecule has 0 spiro atoms. The minimum atomic E-state index is -0.527. The van der Waals surface area contributed by atoms with Gasteiger partial charge in [-0.25, -0.2) is 15.2 Å². The summed E-state index contributed by atoms with van der Waals surface area (Å²) in [5.74, 6) is 5.04. The van der Waals surface area contributed by atoms with E-state index in [4.69, 9.17) is 5.84 Å². The number of anilines is 1. The highest BCUT2D eigenvalue weighted by Crippen LogP contribution is 2.18. The number of hydrogen-bond donors (Lipinski definition) is 1. The minimum absolute atomic E-state index is 0.0732. The Morgan fingerprint density at radius 3 is 2.27 bits per heavy atom. The first-order chi connectivity index (χ1) is 10.5. The lowest BCUT2D eigenvalue weighted by atomic mass is 10.1. The number of aryl methyl sites for hydroxylation is 1. The van der Waals surface area contributed by atoms with Gasteiger partial charge in [-0.15, -0.1) is 0 Å². The molecule has 0 fully saturated rings. The number of carbonyl (C=O) groups excluding carboxylic acids is 1. The van der Waals surface area contributed by atoms with E-state index < -0.39 is 4.92 Å². The molecule has 2 aromatic rings. The highest BCUT2D eigenvalue weighted by Gasteiger charge is 2.13. The van der Waals surface area contributed by atoms with Crippen LogP contribution < -0.4 is 10.9 Å². The number of non-ortho nitro benzene ring substituents is 1. The Morgan fingerprint density at radius 2 is 1.73 bits per heavy atom. The number of halogens is 1. The van der Waals surface area contributed by atoms with Crippen molar-refractivity contribution in [3.8, 4) is 0 Å². The van der Waals surface area contributed by atoms with Gasteiger partial charge in [0.2, 0.25) is 5.91 Å². The van der Waals surface area contributed by atoms with Crippen LogP contribution >= 0.6 is 0 Å². The Hall–Kier alpha value is -2.80. The zero-order chi connectivity index (χ0) is 16.1. The second-order valence-electron chi connectivity index (χ2n) is 4.66. The number of nitrogens with zero attached hydrogens (tertiary/aromatic N) is 2. The third-order valence-electron chi connectivity index (χ3n) is 3.15. The molecular formula is C15H14FN3O3. The van der Waals surface area contributed by atoms with Gasteiger partial charge in [0.05, 0.1) is 10.6 Å². The van der Waals surface area contributed by atoms with Gasteiger partial charge in [-0.3, -0.25) is 14.9 Å². The van der Waals surface area contributed by atoms with Crippen LogP contribution in [0.3, 0.4) is 0 Å². The van der Waals surface area contributed by atoms with Crippen LogP contribution in [0, 0.1) is 15.9 Å². The number of nitro groups is 1. The first-order valence-electron chi connectivity index (χ1n) is 6.54. The van der Waals surface area contributed by atoms with Crippen LogP contribution in [0.1, 0.15) is 12.0 Å². The van der Waals surface area contributed by atoms with Gasteiger partial charge in [-0.05, 0) is 36.2 Å². The van der Waals surface area contributed by atoms with Crippen LogP contribution in [0.5, 0.6) is 0 Å². The molecule has 2 rings (SSSR count). The highest BCUT2D eigenvalue weighted by atomic mass is 19.1. The summed E-state index contributed by atoms with van der Waals surface area (Å²) in [6, 6.07) is 11.3. The van der Waals surface area contributed by atoms with E-state index in [0.717, 1.165) is 10.6 Å². The zero-order valence-electron chi connectivity index (χ0n) is 11.6. The Bertz CT molecular complexity index is 671. The lowest BCUT2D eigenvalue weighted by molar-refractivity contribution is -0.384. The summed E-state index contributed by atoms with van der Waals surface area (Å²) in [7, 11) is 0. The molecule has 0 saturated heterocycles. The quantitative estimate of drug-likeness (QED) is 0.398. The van der Waals surface area contributed by atoms with E-state index in [1.165, 1.54) is 36.4 Å². The lowest BCUT2D eigenvalue weighted by Gasteiger charge is -2.16. The standard InChI is InChI=1S/C15H14FN3O3/c16-12-4-1-11(2-5-12)3-10-15(20)18(17)13-6-8-14(9-7-13)19(21)22/h1-2,4-9H,3,10,17H2. The van der Waals surface area contributed by atoms with Gasteiger partial charge >= 0.3 is 0 Å². The number of rotatable bonds is 5. The molecule has 7 heteroatoms. The second kappa shape index (κ2) is 6.77. The monoisotopic (exact) mass is 303 g/mol. The predicted molar refractivity (Wildman–Crippen MR) is 79.5 cm³/mol. The Balaban J connectivity index is 1.96. The molecule has 0 aliphatic heterocycles. The van der Waals surface area contributed by atoms with E-state index in [2.05, 4.69) is 0 Å². The summed E-state index contributed by atoms with van der Waals surface area (Å²) >= 11 is 0. The van der Waals surface area contributed by atoms with E-state index in [-0.39, 0.29) is 23.8 Å². The third-order valence-corrected chi connectivity index (χ3v) is 3.15. The topological polar surface area (TPSA) is 89.5 Å². The number of nitro benzene ring substituents is 1. The lowest BCUT2D eigenvalue weighted by Crippen LogP contribution is -2.37. The molecule has 2 N–H and O–H groups in total. The summed E-state index contributed by atoms with van der Waals surface area (Å²) in [6.07, 6.45) is 0.582. The Morgan fingerprint density at radius 1 is 1.14 bits per heavy atom. The van der Waals surface area contributed by atoms with Crippen molar-refractivity contribution in [3.63, 3.8) is 0 Å². The summed E-state index contributed by atoms with van der Waals surface area (Å²) in [5, 5.41) is 11.5. The first-order valence-corrected chi connectivity index (χ1v) is 6.54.